The first kappa shape index (κ1) is 37.9. The maximum Gasteiger partial charge on any atom is 0.310 e. The first-order chi connectivity index (χ1) is 21.4. The van der Waals surface area contributed by atoms with Gasteiger partial charge < -0.3 is 42.2 Å². The largest absolute Gasteiger partial charge is 1.00 e. The number of aryl methyl sites for hydroxylation is 1. The Hall–Kier alpha value is -3.55. The number of primary amides is 1. The van der Waals surface area contributed by atoms with Crippen LogP contribution in [0.15, 0.2) is 12.1 Å². The lowest BCUT2D eigenvalue weighted by molar-refractivity contribution is -0.873. The minimum atomic E-state index is -0.941. The number of fused-ring (bicyclic) bond motifs is 1. The third-order valence-corrected chi connectivity index (χ3v) is 8.44. The number of ether oxygens (including phenoxy) is 3. The van der Waals surface area contributed by atoms with E-state index in [1.54, 1.807) is 24.8 Å². The number of aromatic nitrogens is 2. The molecule has 1 saturated carbocycles. The molecule has 2 aliphatic rings. The van der Waals surface area contributed by atoms with Crippen LogP contribution in [-0.4, -0.2) is 97.0 Å². The number of hydrogen-bond donors (Lipinski definition) is 2. The SMILES string of the molecule is COC1CCC(Nc2cc(-n3nc(C)c4c3CC(C)(C)CC4=O)cc(F)c2C(N)=O)CC1OC(=O)CC(C[N+](C)(C)C)OC(C)=O.[Cl-]. The van der Waals surface area contributed by atoms with Crippen molar-refractivity contribution in [1.29, 1.82) is 0 Å². The second-order valence-electron chi connectivity index (χ2n) is 14.3. The normalized spacial score (nSPS) is 21.2. The molecule has 1 aromatic carbocycles. The molecule has 0 bridgehead atoms. The van der Waals surface area contributed by atoms with Crippen LogP contribution in [0.3, 0.4) is 0 Å². The van der Waals surface area contributed by atoms with Crippen molar-refractivity contribution in [2.45, 2.75) is 90.6 Å². The number of amides is 1. The number of likely N-dealkylation sites (N-methyl/N-ethyl adjacent to an activating group) is 1. The number of anilines is 1. The number of esters is 2. The number of methoxy groups -OCH3 is 1. The fourth-order valence-corrected chi connectivity index (χ4v) is 6.67. The van der Waals surface area contributed by atoms with Crippen molar-refractivity contribution in [3.63, 3.8) is 0 Å². The van der Waals surface area contributed by atoms with Gasteiger partial charge in [-0.2, -0.15) is 5.10 Å². The molecule has 0 aliphatic heterocycles. The van der Waals surface area contributed by atoms with Crippen LogP contribution in [0.4, 0.5) is 10.1 Å². The molecule has 260 valence electrons. The summed E-state index contributed by atoms with van der Waals surface area (Å²) in [4.78, 5) is 50.1. The van der Waals surface area contributed by atoms with Crippen molar-refractivity contribution < 1.29 is 54.7 Å². The highest BCUT2D eigenvalue weighted by molar-refractivity contribution is 6.00. The molecule has 4 rings (SSSR count). The number of nitrogens with two attached hydrogens (primary N) is 1. The van der Waals surface area contributed by atoms with Gasteiger partial charge in [0.25, 0.3) is 5.91 Å². The number of rotatable bonds is 11. The van der Waals surface area contributed by atoms with E-state index in [4.69, 9.17) is 19.9 Å². The summed E-state index contributed by atoms with van der Waals surface area (Å²) in [6.45, 7) is 7.48. The van der Waals surface area contributed by atoms with E-state index in [-0.39, 0.29) is 53.4 Å². The van der Waals surface area contributed by atoms with Crippen LogP contribution in [0.2, 0.25) is 0 Å². The van der Waals surface area contributed by atoms with E-state index in [2.05, 4.69) is 10.4 Å². The highest BCUT2D eigenvalue weighted by atomic mass is 35.5. The highest BCUT2D eigenvalue weighted by Gasteiger charge is 2.37. The maximum absolute atomic E-state index is 15.6. The summed E-state index contributed by atoms with van der Waals surface area (Å²) in [7, 11) is 7.34. The molecule has 1 amide bonds. The molecule has 4 unspecified atom stereocenters. The number of benzene rings is 1. The molecule has 12 nitrogen and oxygen atoms in total. The van der Waals surface area contributed by atoms with E-state index < -0.39 is 35.9 Å². The van der Waals surface area contributed by atoms with Crippen LogP contribution in [0.25, 0.3) is 5.69 Å². The molecular weight excluding hydrogens is 633 g/mol. The van der Waals surface area contributed by atoms with Gasteiger partial charge in [-0.05, 0) is 37.7 Å². The van der Waals surface area contributed by atoms with Crippen LogP contribution in [0, 0.1) is 18.2 Å². The van der Waals surface area contributed by atoms with Crippen molar-refractivity contribution in [2.24, 2.45) is 11.1 Å². The molecule has 1 heterocycles. The van der Waals surface area contributed by atoms with Crippen molar-refractivity contribution >= 4 is 29.3 Å². The third-order valence-electron chi connectivity index (χ3n) is 8.44. The monoisotopic (exact) mass is 679 g/mol. The van der Waals surface area contributed by atoms with E-state index in [1.807, 2.05) is 35.0 Å². The van der Waals surface area contributed by atoms with Crippen LogP contribution in [-0.2, 0) is 30.2 Å². The quantitative estimate of drug-likeness (QED) is 0.256. The summed E-state index contributed by atoms with van der Waals surface area (Å²) in [5.41, 5.74) is 7.36. The second-order valence-corrected chi connectivity index (χ2v) is 14.3. The highest BCUT2D eigenvalue weighted by Crippen LogP contribution is 2.38. The predicted octanol–water partition coefficient (Wildman–Crippen LogP) is 0.497. The zero-order chi connectivity index (χ0) is 34.1. The smallest absolute Gasteiger partial charge is 0.310 e. The summed E-state index contributed by atoms with van der Waals surface area (Å²) >= 11 is 0. The Bertz CT molecular complexity index is 1520. The topological polar surface area (TPSA) is 152 Å². The molecule has 0 spiro atoms. The van der Waals surface area contributed by atoms with Crippen LogP contribution < -0.4 is 23.5 Å². The lowest BCUT2D eigenvalue weighted by atomic mass is 9.75. The van der Waals surface area contributed by atoms with E-state index in [9.17, 15) is 19.2 Å². The molecule has 4 atom stereocenters. The number of carbonyl (C=O) groups excluding carboxylic acids is 4. The van der Waals surface area contributed by atoms with Gasteiger partial charge in [-0.3, -0.25) is 19.2 Å². The lowest BCUT2D eigenvalue weighted by Crippen LogP contribution is -3.00. The minimum Gasteiger partial charge on any atom is -1.00 e. The summed E-state index contributed by atoms with van der Waals surface area (Å²) in [6, 6.07) is 2.48. The average Bonchev–Trinajstić information content (AvgIpc) is 3.21. The molecule has 0 saturated heterocycles. The van der Waals surface area contributed by atoms with Crippen LogP contribution in [0.5, 0.6) is 0 Å². The Balaban J connectivity index is 0.00000600. The predicted molar refractivity (Wildman–Crippen MR) is 168 cm³/mol. The molecule has 0 radical (unpaired) electrons. The van der Waals surface area contributed by atoms with Crippen LogP contribution in [0.1, 0.15) is 85.0 Å². The van der Waals surface area contributed by atoms with Crippen molar-refractivity contribution in [2.75, 3.05) is 40.1 Å². The van der Waals surface area contributed by atoms with E-state index >= 15 is 4.39 Å². The standard InChI is InChI=1S/C33H46FN5O7.ClH/c1-18-30-25(15-33(3,4)16-26(30)41)38(37-18)21-12-23(34)31(32(35)43)24(13-21)36-20-9-10-27(44-8)28(11-20)46-29(42)14-22(45-19(2)40)17-39(5,6)7;/h12-13,20,22,27-28H,9-11,14-17H2,1-8H3,(H2-,35,36,43);1H. The van der Waals surface area contributed by atoms with Gasteiger partial charge in [-0.25, -0.2) is 9.07 Å². The molecule has 3 N–H and O–H groups in total. The number of halogens is 2. The first-order valence-electron chi connectivity index (χ1n) is 15.6. The second kappa shape index (κ2) is 14.7. The molecule has 14 heteroatoms. The van der Waals surface area contributed by atoms with Crippen molar-refractivity contribution in [3.8, 4) is 5.69 Å². The fourth-order valence-electron chi connectivity index (χ4n) is 6.67. The molecule has 1 aromatic heterocycles. The summed E-state index contributed by atoms with van der Waals surface area (Å²) in [6.07, 6.45) is 0.554. The number of carbonyl (C=O) groups is 4. The number of Topliss-reactive ketones (excluding diaryl/α,β-unsaturated/α-hetero) is 1. The van der Waals surface area contributed by atoms with Gasteiger partial charge in [-0.15, -0.1) is 0 Å². The van der Waals surface area contributed by atoms with Crippen molar-refractivity contribution in [3.05, 3.63) is 40.5 Å². The minimum absolute atomic E-state index is 0. The van der Waals surface area contributed by atoms with Gasteiger partial charge in [0.1, 0.15) is 18.5 Å². The van der Waals surface area contributed by atoms with E-state index in [1.165, 1.54) is 13.0 Å². The van der Waals surface area contributed by atoms with Gasteiger partial charge in [0, 0.05) is 39.0 Å². The Morgan fingerprint density at radius 3 is 2.45 bits per heavy atom. The Kier molecular flexibility index (Phi) is 11.9. The Morgan fingerprint density at radius 2 is 1.85 bits per heavy atom. The molecule has 47 heavy (non-hydrogen) atoms. The number of nitrogens with zero attached hydrogens (tertiary/aromatic N) is 3. The fraction of sp³-hybridized carbons (Fsp3) is 0.606. The van der Waals surface area contributed by atoms with Crippen molar-refractivity contribution in [1.82, 2.24) is 9.78 Å². The summed E-state index contributed by atoms with van der Waals surface area (Å²) < 4.78 is 34.5. The first-order valence-corrected chi connectivity index (χ1v) is 15.6. The maximum atomic E-state index is 15.6. The molecule has 1 fully saturated rings. The zero-order valence-electron chi connectivity index (χ0n) is 28.4. The average molecular weight is 680 g/mol. The van der Waals surface area contributed by atoms with E-state index in [0.717, 1.165) is 0 Å². The molecular formula is C33H47ClFN5O7. The zero-order valence-corrected chi connectivity index (χ0v) is 29.2. The Labute approximate surface area is 281 Å². The number of ketones is 1. The number of hydrogen-bond acceptors (Lipinski definition) is 9. The molecule has 2 aliphatic carbocycles. The van der Waals surface area contributed by atoms with Crippen LogP contribution >= 0.6 is 0 Å². The van der Waals surface area contributed by atoms with E-state index in [0.29, 0.717) is 65.8 Å². The van der Waals surface area contributed by atoms with Gasteiger partial charge >= 0.3 is 11.9 Å². The third kappa shape index (κ3) is 9.29. The van der Waals surface area contributed by atoms with Gasteiger partial charge in [0.2, 0.25) is 0 Å². The molecule has 2 aromatic rings. The number of quaternary nitrogens is 1. The summed E-state index contributed by atoms with van der Waals surface area (Å²) in [5, 5.41) is 7.86. The van der Waals surface area contributed by atoms with Gasteiger partial charge in [-0.1, -0.05) is 13.8 Å². The summed E-state index contributed by atoms with van der Waals surface area (Å²) in [5.74, 6) is -2.78. The lowest BCUT2D eigenvalue weighted by Gasteiger charge is -2.36. The number of nitrogens with one attached hydrogen (secondary N) is 1. The van der Waals surface area contributed by atoms with Gasteiger partial charge in [0.05, 0.1) is 67.6 Å². The van der Waals surface area contributed by atoms with Gasteiger partial charge in [0.15, 0.2) is 11.9 Å². The Morgan fingerprint density at radius 1 is 1.17 bits per heavy atom.